The molecule has 1 aromatic carbocycles. The molecule has 2 rings (SSSR count). The van der Waals surface area contributed by atoms with Gasteiger partial charge in [0.1, 0.15) is 12.1 Å². The number of rotatable bonds is 4. The topological polar surface area (TPSA) is 63.8 Å². The van der Waals surface area contributed by atoms with E-state index < -0.39 is 0 Å². The van der Waals surface area contributed by atoms with E-state index in [2.05, 4.69) is 36.1 Å². The van der Waals surface area contributed by atoms with Crippen molar-refractivity contribution >= 4 is 22.4 Å². The summed E-state index contributed by atoms with van der Waals surface area (Å²) in [5, 5.41) is 4.38. The van der Waals surface area contributed by atoms with Crippen molar-refractivity contribution in [3.63, 3.8) is 0 Å². The van der Waals surface area contributed by atoms with Gasteiger partial charge in [-0.2, -0.15) is 0 Å². The van der Waals surface area contributed by atoms with Gasteiger partial charge in [0, 0.05) is 17.6 Å². The van der Waals surface area contributed by atoms with Crippen molar-refractivity contribution in [2.24, 2.45) is 5.41 Å². The minimum atomic E-state index is 0.248. The van der Waals surface area contributed by atoms with Crippen molar-refractivity contribution < 1.29 is 0 Å². The molecule has 0 saturated carbocycles. The van der Waals surface area contributed by atoms with E-state index in [-0.39, 0.29) is 5.41 Å². The Hall–Kier alpha value is -1.84. The number of nitrogens with zero attached hydrogens (tertiary/aromatic N) is 2. The Kier molecular flexibility index (Phi) is 3.36. The van der Waals surface area contributed by atoms with Crippen molar-refractivity contribution in [2.75, 3.05) is 17.6 Å². The summed E-state index contributed by atoms with van der Waals surface area (Å²) in [6, 6.07) is 5.69. The van der Waals surface area contributed by atoms with Crippen LogP contribution < -0.4 is 11.1 Å². The first kappa shape index (κ1) is 12.6. The summed E-state index contributed by atoms with van der Waals surface area (Å²) in [6.07, 6.45) is 2.70. The molecule has 96 valence electrons. The average Bonchev–Trinajstić information content (AvgIpc) is 2.36. The van der Waals surface area contributed by atoms with Gasteiger partial charge < -0.3 is 11.1 Å². The molecule has 0 fully saturated rings. The standard InChI is InChI=1S/C14H20N4/c1-4-14(2,3)8-16-13-11-7-10(15)5-6-12(11)17-9-18-13/h5-7,9H,4,8,15H2,1-3H3,(H,16,17,18). The molecule has 0 aliphatic heterocycles. The lowest BCUT2D eigenvalue weighted by atomic mass is 9.90. The molecule has 1 aromatic heterocycles. The number of nitrogens with two attached hydrogens (primary N) is 1. The second-order valence-electron chi connectivity index (χ2n) is 5.37. The molecule has 0 spiro atoms. The number of hydrogen-bond acceptors (Lipinski definition) is 4. The highest BCUT2D eigenvalue weighted by molar-refractivity contribution is 5.91. The van der Waals surface area contributed by atoms with Crippen molar-refractivity contribution in [3.8, 4) is 0 Å². The number of hydrogen-bond donors (Lipinski definition) is 2. The Morgan fingerprint density at radius 1 is 1.28 bits per heavy atom. The molecule has 4 nitrogen and oxygen atoms in total. The summed E-state index contributed by atoms with van der Waals surface area (Å²) in [6.45, 7) is 7.54. The van der Waals surface area contributed by atoms with Crippen LogP contribution in [0.4, 0.5) is 11.5 Å². The zero-order valence-corrected chi connectivity index (χ0v) is 11.2. The highest BCUT2D eigenvalue weighted by Gasteiger charge is 2.15. The number of fused-ring (bicyclic) bond motifs is 1. The number of nitrogens with one attached hydrogen (secondary N) is 1. The highest BCUT2D eigenvalue weighted by Crippen LogP contribution is 2.24. The van der Waals surface area contributed by atoms with Gasteiger partial charge in [0.15, 0.2) is 0 Å². The van der Waals surface area contributed by atoms with Gasteiger partial charge in [-0.1, -0.05) is 20.8 Å². The third kappa shape index (κ3) is 2.70. The van der Waals surface area contributed by atoms with Crippen LogP contribution in [0.1, 0.15) is 27.2 Å². The van der Waals surface area contributed by atoms with E-state index in [9.17, 15) is 0 Å². The Labute approximate surface area is 108 Å². The van der Waals surface area contributed by atoms with Crippen LogP contribution in [0.15, 0.2) is 24.5 Å². The van der Waals surface area contributed by atoms with Crippen LogP contribution >= 0.6 is 0 Å². The number of benzene rings is 1. The largest absolute Gasteiger partial charge is 0.399 e. The smallest absolute Gasteiger partial charge is 0.137 e. The average molecular weight is 244 g/mol. The van der Waals surface area contributed by atoms with E-state index in [1.165, 1.54) is 0 Å². The molecule has 2 aromatic rings. The van der Waals surface area contributed by atoms with Crippen LogP contribution in [0.3, 0.4) is 0 Å². The van der Waals surface area contributed by atoms with E-state index >= 15 is 0 Å². The maximum atomic E-state index is 5.82. The lowest BCUT2D eigenvalue weighted by Crippen LogP contribution is -2.22. The van der Waals surface area contributed by atoms with Crippen LogP contribution in [-0.4, -0.2) is 16.5 Å². The number of anilines is 2. The van der Waals surface area contributed by atoms with E-state index in [4.69, 9.17) is 5.73 Å². The lowest BCUT2D eigenvalue weighted by molar-refractivity contribution is 0.376. The zero-order chi connectivity index (χ0) is 13.2. The molecular formula is C14H20N4. The molecular weight excluding hydrogens is 224 g/mol. The van der Waals surface area contributed by atoms with Crippen LogP contribution in [0, 0.1) is 5.41 Å². The SMILES string of the molecule is CCC(C)(C)CNc1ncnc2ccc(N)cc12. The molecule has 0 saturated heterocycles. The van der Waals surface area contributed by atoms with Gasteiger partial charge in [0.2, 0.25) is 0 Å². The first-order chi connectivity index (χ1) is 8.52. The summed E-state index contributed by atoms with van der Waals surface area (Å²) in [7, 11) is 0. The predicted molar refractivity (Wildman–Crippen MR) is 76.5 cm³/mol. The van der Waals surface area contributed by atoms with Crippen LogP contribution in [0.5, 0.6) is 0 Å². The number of nitrogen functional groups attached to an aromatic ring is 1. The Morgan fingerprint density at radius 2 is 2.06 bits per heavy atom. The van der Waals surface area contributed by atoms with Gasteiger partial charge >= 0.3 is 0 Å². The van der Waals surface area contributed by atoms with Crippen LogP contribution in [0.25, 0.3) is 10.9 Å². The molecule has 18 heavy (non-hydrogen) atoms. The summed E-state index contributed by atoms with van der Waals surface area (Å²) in [5.74, 6) is 0.855. The maximum Gasteiger partial charge on any atom is 0.137 e. The van der Waals surface area contributed by atoms with Gasteiger partial charge in [0.05, 0.1) is 5.52 Å². The van der Waals surface area contributed by atoms with Crippen LogP contribution in [-0.2, 0) is 0 Å². The third-order valence-corrected chi connectivity index (χ3v) is 3.35. The molecule has 0 radical (unpaired) electrons. The predicted octanol–water partition coefficient (Wildman–Crippen LogP) is 3.06. The van der Waals surface area contributed by atoms with E-state index in [1.54, 1.807) is 6.33 Å². The number of aromatic nitrogens is 2. The van der Waals surface area contributed by atoms with Crippen molar-refractivity contribution in [3.05, 3.63) is 24.5 Å². The minimum Gasteiger partial charge on any atom is -0.399 e. The van der Waals surface area contributed by atoms with E-state index in [0.29, 0.717) is 0 Å². The molecule has 0 amide bonds. The first-order valence-corrected chi connectivity index (χ1v) is 6.26. The molecule has 0 aliphatic rings. The molecule has 0 unspecified atom stereocenters. The van der Waals surface area contributed by atoms with E-state index in [1.807, 2.05) is 18.2 Å². The molecule has 0 atom stereocenters. The fourth-order valence-corrected chi connectivity index (χ4v) is 1.66. The fourth-order valence-electron chi connectivity index (χ4n) is 1.66. The lowest BCUT2D eigenvalue weighted by Gasteiger charge is -2.23. The summed E-state index contributed by atoms with van der Waals surface area (Å²) in [4.78, 5) is 8.55. The summed E-state index contributed by atoms with van der Waals surface area (Å²) in [5.41, 5.74) is 7.71. The molecule has 0 aliphatic carbocycles. The normalized spacial score (nSPS) is 11.7. The fraction of sp³-hybridized carbons (Fsp3) is 0.429. The Morgan fingerprint density at radius 3 is 2.78 bits per heavy atom. The van der Waals surface area contributed by atoms with Gasteiger partial charge in [-0.05, 0) is 30.0 Å². The first-order valence-electron chi connectivity index (χ1n) is 6.26. The van der Waals surface area contributed by atoms with Gasteiger partial charge in [-0.3, -0.25) is 0 Å². The zero-order valence-electron chi connectivity index (χ0n) is 11.2. The maximum absolute atomic E-state index is 5.82. The van der Waals surface area contributed by atoms with Crippen molar-refractivity contribution in [1.82, 2.24) is 9.97 Å². The second kappa shape index (κ2) is 4.80. The van der Waals surface area contributed by atoms with E-state index in [0.717, 1.165) is 35.4 Å². The minimum absolute atomic E-state index is 0.248. The molecule has 3 N–H and O–H groups in total. The Balaban J connectivity index is 2.30. The second-order valence-corrected chi connectivity index (χ2v) is 5.37. The molecule has 0 bridgehead atoms. The third-order valence-electron chi connectivity index (χ3n) is 3.35. The monoisotopic (exact) mass is 244 g/mol. The molecule has 4 heteroatoms. The van der Waals surface area contributed by atoms with Crippen LogP contribution in [0.2, 0.25) is 0 Å². The highest BCUT2D eigenvalue weighted by atomic mass is 15.0. The van der Waals surface area contributed by atoms with Gasteiger partial charge in [-0.25, -0.2) is 9.97 Å². The van der Waals surface area contributed by atoms with Gasteiger partial charge in [-0.15, -0.1) is 0 Å². The summed E-state index contributed by atoms with van der Waals surface area (Å²) >= 11 is 0. The van der Waals surface area contributed by atoms with Crippen molar-refractivity contribution in [1.29, 1.82) is 0 Å². The van der Waals surface area contributed by atoms with Gasteiger partial charge in [0.25, 0.3) is 0 Å². The quantitative estimate of drug-likeness (QED) is 0.811. The molecule has 1 heterocycles. The summed E-state index contributed by atoms with van der Waals surface area (Å²) < 4.78 is 0. The Bertz CT molecular complexity index is 548. The van der Waals surface area contributed by atoms with Crippen molar-refractivity contribution in [2.45, 2.75) is 27.2 Å².